The third-order valence-electron chi connectivity index (χ3n) is 2.70. The number of hydrogen-bond donors (Lipinski definition) is 2. The second-order valence-corrected chi connectivity index (χ2v) is 6.09. The lowest BCUT2D eigenvalue weighted by atomic mass is 9.97. The van der Waals surface area contributed by atoms with Crippen molar-refractivity contribution in [3.63, 3.8) is 0 Å². The van der Waals surface area contributed by atoms with Crippen molar-refractivity contribution >= 4 is 15.9 Å². The molecule has 6 heteroatoms. The van der Waals surface area contributed by atoms with Gasteiger partial charge in [-0.15, -0.1) is 0 Å². The zero-order chi connectivity index (χ0) is 12.7. The Morgan fingerprint density at radius 3 is 2.76 bits per heavy atom. The van der Waals surface area contributed by atoms with E-state index >= 15 is 0 Å². The average molecular weight is 260 g/mol. The molecule has 0 heterocycles. The Hall–Kier alpha value is -0.880. The smallest absolute Gasteiger partial charge is 0.224 e. The summed E-state index contributed by atoms with van der Waals surface area (Å²) in [6.07, 6.45) is 7.37. The lowest BCUT2D eigenvalue weighted by Gasteiger charge is -2.12. The summed E-state index contributed by atoms with van der Waals surface area (Å²) >= 11 is 0. The Bertz CT molecular complexity index is 388. The summed E-state index contributed by atoms with van der Waals surface area (Å²) in [4.78, 5) is 11.5. The van der Waals surface area contributed by atoms with Crippen molar-refractivity contribution in [2.45, 2.75) is 38.5 Å². The van der Waals surface area contributed by atoms with Crippen molar-refractivity contribution in [1.29, 1.82) is 0 Å². The number of rotatable bonds is 6. The van der Waals surface area contributed by atoms with Gasteiger partial charge in [-0.05, 0) is 32.1 Å². The predicted octanol–water partition coefficient (Wildman–Crippen LogP) is 0.672. The Morgan fingerprint density at radius 1 is 1.41 bits per heavy atom. The highest BCUT2D eigenvalue weighted by Gasteiger charge is 2.09. The molecule has 5 nitrogen and oxygen atoms in total. The van der Waals surface area contributed by atoms with Crippen molar-refractivity contribution in [3.8, 4) is 0 Å². The molecule has 0 radical (unpaired) electrons. The highest BCUT2D eigenvalue weighted by atomic mass is 32.2. The van der Waals surface area contributed by atoms with Crippen LogP contribution in [0.5, 0.6) is 0 Å². The van der Waals surface area contributed by atoms with E-state index in [0.29, 0.717) is 19.4 Å². The van der Waals surface area contributed by atoms with E-state index in [-0.39, 0.29) is 11.7 Å². The fourth-order valence-corrected chi connectivity index (χ4v) is 2.38. The number of hydrogen-bond acceptors (Lipinski definition) is 3. The van der Waals surface area contributed by atoms with Crippen LogP contribution in [0, 0.1) is 0 Å². The Balaban J connectivity index is 2.15. The van der Waals surface area contributed by atoms with Gasteiger partial charge in [0.05, 0.1) is 5.75 Å². The normalized spacial score (nSPS) is 16.4. The van der Waals surface area contributed by atoms with E-state index in [1.54, 1.807) is 0 Å². The number of sulfonamides is 1. The number of carbonyl (C=O) groups excluding carboxylic acids is 1. The second kappa shape index (κ2) is 6.76. The average Bonchev–Trinajstić information content (AvgIpc) is 2.25. The van der Waals surface area contributed by atoms with Crippen molar-refractivity contribution in [1.82, 2.24) is 5.32 Å². The Labute approximate surface area is 103 Å². The van der Waals surface area contributed by atoms with Gasteiger partial charge in [-0.25, -0.2) is 13.6 Å². The van der Waals surface area contributed by atoms with Crippen molar-refractivity contribution in [3.05, 3.63) is 11.6 Å². The molecular formula is C11H20N2O3S. The first-order valence-electron chi connectivity index (χ1n) is 5.92. The van der Waals surface area contributed by atoms with Crippen LogP contribution in [0.3, 0.4) is 0 Å². The van der Waals surface area contributed by atoms with Gasteiger partial charge in [-0.2, -0.15) is 0 Å². The molecule has 0 unspecified atom stereocenters. The first-order chi connectivity index (χ1) is 7.97. The number of carbonyl (C=O) groups is 1. The quantitative estimate of drug-likeness (QED) is 0.543. The second-order valence-electron chi connectivity index (χ2n) is 4.36. The molecule has 0 saturated carbocycles. The van der Waals surface area contributed by atoms with Gasteiger partial charge < -0.3 is 5.32 Å². The number of nitrogens with one attached hydrogen (secondary N) is 1. The molecule has 98 valence electrons. The van der Waals surface area contributed by atoms with E-state index < -0.39 is 10.0 Å². The fourth-order valence-electron chi connectivity index (χ4n) is 1.84. The monoisotopic (exact) mass is 260 g/mol. The fraction of sp³-hybridized carbons (Fsp3) is 0.727. The molecule has 1 rings (SSSR count). The van der Waals surface area contributed by atoms with Crippen molar-refractivity contribution in [2.24, 2.45) is 5.14 Å². The topological polar surface area (TPSA) is 89.3 Å². The van der Waals surface area contributed by atoms with E-state index in [0.717, 1.165) is 19.3 Å². The van der Waals surface area contributed by atoms with E-state index in [1.165, 1.54) is 12.0 Å². The van der Waals surface area contributed by atoms with Crippen LogP contribution in [0.2, 0.25) is 0 Å². The van der Waals surface area contributed by atoms with E-state index in [1.807, 2.05) is 0 Å². The van der Waals surface area contributed by atoms with Crippen LogP contribution in [0.1, 0.15) is 38.5 Å². The van der Waals surface area contributed by atoms with Gasteiger partial charge in [-0.1, -0.05) is 11.6 Å². The summed E-state index contributed by atoms with van der Waals surface area (Å²) in [6.45, 7) is 0.364. The third-order valence-corrected chi connectivity index (χ3v) is 3.56. The highest BCUT2D eigenvalue weighted by molar-refractivity contribution is 7.89. The van der Waals surface area contributed by atoms with Gasteiger partial charge in [-0.3, -0.25) is 4.79 Å². The molecule has 17 heavy (non-hydrogen) atoms. The Kier molecular flexibility index (Phi) is 5.64. The molecule has 1 amide bonds. The van der Waals surface area contributed by atoms with Crippen LogP contribution in [-0.2, 0) is 14.8 Å². The lowest BCUT2D eigenvalue weighted by molar-refractivity contribution is -0.120. The maximum Gasteiger partial charge on any atom is 0.224 e. The van der Waals surface area contributed by atoms with Crippen molar-refractivity contribution in [2.75, 3.05) is 12.3 Å². The molecule has 0 spiro atoms. The van der Waals surface area contributed by atoms with Gasteiger partial charge in [0.2, 0.25) is 15.9 Å². The molecular weight excluding hydrogens is 240 g/mol. The maximum absolute atomic E-state index is 11.5. The van der Waals surface area contributed by atoms with E-state index in [2.05, 4.69) is 11.4 Å². The lowest BCUT2D eigenvalue weighted by Crippen LogP contribution is -2.27. The Morgan fingerprint density at radius 2 is 2.18 bits per heavy atom. The van der Waals surface area contributed by atoms with Crippen molar-refractivity contribution < 1.29 is 13.2 Å². The zero-order valence-corrected chi connectivity index (χ0v) is 10.8. The number of allylic oxidation sites excluding steroid dienone is 1. The molecule has 0 aromatic rings. The van der Waals surface area contributed by atoms with Gasteiger partial charge in [0, 0.05) is 13.0 Å². The zero-order valence-electron chi connectivity index (χ0n) is 9.94. The summed E-state index contributed by atoms with van der Waals surface area (Å²) in [5.41, 5.74) is 1.19. The molecule has 0 fully saturated rings. The standard InChI is InChI=1S/C11H20N2O3S/c12-17(15,16)8-4-7-13-11(14)9-10-5-2-1-3-6-10/h5H,1-4,6-9H2,(H,13,14)(H2,12,15,16). The first-order valence-corrected chi connectivity index (χ1v) is 7.64. The summed E-state index contributed by atoms with van der Waals surface area (Å²) in [5.74, 6) is -0.122. The molecule has 1 aliphatic rings. The molecule has 0 bridgehead atoms. The molecule has 1 aliphatic carbocycles. The van der Waals surface area contributed by atoms with Gasteiger partial charge >= 0.3 is 0 Å². The number of amides is 1. The minimum Gasteiger partial charge on any atom is -0.356 e. The minimum absolute atomic E-state index is 0.0347. The molecule has 0 atom stereocenters. The number of primary sulfonamides is 1. The summed E-state index contributed by atoms with van der Waals surface area (Å²) in [6, 6.07) is 0. The van der Waals surface area contributed by atoms with Crippen LogP contribution in [0.25, 0.3) is 0 Å². The van der Waals surface area contributed by atoms with Crippen LogP contribution in [0.15, 0.2) is 11.6 Å². The van der Waals surface area contributed by atoms with E-state index in [4.69, 9.17) is 5.14 Å². The molecule has 0 saturated heterocycles. The summed E-state index contributed by atoms with van der Waals surface area (Å²) in [7, 11) is -3.41. The number of nitrogens with two attached hydrogens (primary N) is 1. The molecule has 3 N–H and O–H groups in total. The maximum atomic E-state index is 11.5. The molecule has 0 aromatic carbocycles. The van der Waals surface area contributed by atoms with Crippen LogP contribution >= 0.6 is 0 Å². The predicted molar refractivity (Wildman–Crippen MR) is 66.8 cm³/mol. The minimum atomic E-state index is -3.41. The van der Waals surface area contributed by atoms with Crippen LogP contribution < -0.4 is 10.5 Å². The summed E-state index contributed by atoms with van der Waals surface area (Å²) < 4.78 is 21.3. The first kappa shape index (κ1) is 14.2. The van der Waals surface area contributed by atoms with Gasteiger partial charge in [0.25, 0.3) is 0 Å². The third kappa shape index (κ3) is 7.12. The highest BCUT2D eigenvalue weighted by Crippen LogP contribution is 2.19. The largest absolute Gasteiger partial charge is 0.356 e. The van der Waals surface area contributed by atoms with Crippen LogP contribution in [-0.4, -0.2) is 26.6 Å². The summed E-state index contributed by atoms with van der Waals surface area (Å²) in [5, 5.41) is 7.55. The SMILES string of the molecule is NS(=O)(=O)CCCNC(=O)CC1=CCCCC1. The molecule has 0 aromatic heterocycles. The van der Waals surface area contributed by atoms with Crippen LogP contribution in [0.4, 0.5) is 0 Å². The van der Waals surface area contributed by atoms with Gasteiger partial charge in [0.15, 0.2) is 0 Å². The van der Waals surface area contributed by atoms with Gasteiger partial charge in [0.1, 0.15) is 0 Å². The van der Waals surface area contributed by atoms with E-state index in [9.17, 15) is 13.2 Å². The molecule has 0 aliphatic heterocycles.